The Labute approximate surface area is 192 Å². The van der Waals surface area contributed by atoms with Crippen molar-refractivity contribution in [3.63, 3.8) is 0 Å². The zero-order valence-electron chi connectivity index (χ0n) is 18.1. The van der Waals surface area contributed by atoms with E-state index in [-0.39, 0.29) is 30.1 Å². The molecule has 2 rings (SSSR count). The minimum absolute atomic E-state index is 0. The summed E-state index contributed by atoms with van der Waals surface area (Å²) in [5.74, 6) is 1.35. The Hall–Kier alpha value is -1.61. The summed E-state index contributed by atoms with van der Waals surface area (Å²) in [5, 5.41) is 11.1. The maximum atomic E-state index is 5.83. The van der Waals surface area contributed by atoms with Crippen LogP contribution >= 0.6 is 24.0 Å². The molecule has 0 fully saturated rings. The molecule has 0 saturated heterocycles. The molecule has 0 aliphatic rings. The van der Waals surface area contributed by atoms with Gasteiger partial charge in [0.05, 0.1) is 19.2 Å². The first-order valence-electron chi connectivity index (χ1n) is 10.3. The Morgan fingerprint density at radius 1 is 1.14 bits per heavy atom. The van der Waals surface area contributed by atoms with Crippen LogP contribution in [0.1, 0.15) is 45.2 Å². The number of aromatic nitrogens is 2. The van der Waals surface area contributed by atoms with Crippen molar-refractivity contribution in [2.75, 3.05) is 19.7 Å². The lowest BCUT2D eigenvalue weighted by Gasteiger charge is -2.21. The van der Waals surface area contributed by atoms with E-state index in [1.54, 1.807) is 6.20 Å². The summed E-state index contributed by atoms with van der Waals surface area (Å²) in [5.41, 5.74) is 2.45. The SMILES string of the molecule is CCNC(=NCc1ccccc1Cn1cccn1)NCCC(OCC)C(C)C.I. The second kappa shape index (κ2) is 14.4. The Bertz CT molecular complexity index is 703. The highest BCUT2D eigenvalue weighted by molar-refractivity contribution is 14.0. The lowest BCUT2D eigenvalue weighted by Crippen LogP contribution is -2.39. The van der Waals surface area contributed by atoms with Gasteiger partial charge in [-0.2, -0.15) is 5.10 Å². The zero-order chi connectivity index (χ0) is 20.2. The molecule has 1 aromatic carbocycles. The minimum Gasteiger partial charge on any atom is -0.378 e. The number of nitrogens with zero attached hydrogens (tertiary/aromatic N) is 3. The summed E-state index contributed by atoms with van der Waals surface area (Å²) >= 11 is 0. The van der Waals surface area contributed by atoms with Gasteiger partial charge in [0.1, 0.15) is 0 Å². The average Bonchev–Trinajstić information content (AvgIpc) is 3.19. The van der Waals surface area contributed by atoms with Crippen LogP contribution in [0, 0.1) is 5.92 Å². The Balaban J connectivity index is 0.00000420. The summed E-state index contributed by atoms with van der Waals surface area (Å²) in [6.07, 6.45) is 5.02. The quantitative estimate of drug-likeness (QED) is 0.270. The van der Waals surface area contributed by atoms with Crippen molar-refractivity contribution in [2.24, 2.45) is 10.9 Å². The minimum atomic E-state index is 0. The highest BCUT2D eigenvalue weighted by Gasteiger charge is 2.13. The molecule has 1 heterocycles. The molecule has 0 bridgehead atoms. The largest absolute Gasteiger partial charge is 0.378 e. The van der Waals surface area contributed by atoms with E-state index in [1.165, 1.54) is 11.1 Å². The third kappa shape index (κ3) is 9.16. The van der Waals surface area contributed by atoms with Crippen molar-refractivity contribution < 1.29 is 4.74 Å². The van der Waals surface area contributed by atoms with E-state index in [0.717, 1.165) is 38.6 Å². The van der Waals surface area contributed by atoms with Crippen molar-refractivity contribution in [2.45, 2.75) is 53.3 Å². The molecule has 162 valence electrons. The second-order valence-corrected chi connectivity index (χ2v) is 7.12. The third-order valence-corrected chi connectivity index (χ3v) is 4.61. The number of guanidine groups is 1. The summed E-state index contributed by atoms with van der Waals surface area (Å²) in [7, 11) is 0. The molecule has 29 heavy (non-hydrogen) atoms. The fourth-order valence-corrected chi connectivity index (χ4v) is 3.10. The summed E-state index contributed by atoms with van der Waals surface area (Å²) in [4.78, 5) is 4.79. The van der Waals surface area contributed by atoms with Crippen LogP contribution < -0.4 is 10.6 Å². The van der Waals surface area contributed by atoms with E-state index < -0.39 is 0 Å². The molecule has 2 N–H and O–H groups in total. The van der Waals surface area contributed by atoms with Crippen molar-refractivity contribution in [3.8, 4) is 0 Å². The highest BCUT2D eigenvalue weighted by atomic mass is 127. The zero-order valence-corrected chi connectivity index (χ0v) is 20.4. The van der Waals surface area contributed by atoms with Gasteiger partial charge in [0.15, 0.2) is 5.96 Å². The van der Waals surface area contributed by atoms with Gasteiger partial charge < -0.3 is 15.4 Å². The molecular formula is C22H36IN5O. The molecule has 0 aliphatic heterocycles. The molecular weight excluding hydrogens is 477 g/mol. The normalized spacial score (nSPS) is 12.5. The predicted molar refractivity (Wildman–Crippen MR) is 131 cm³/mol. The highest BCUT2D eigenvalue weighted by Crippen LogP contribution is 2.12. The van der Waals surface area contributed by atoms with E-state index in [2.05, 4.69) is 67.7 Å². The fourth-order valence-electron chi connectivity index (χ4n) is 3.10. The maximum Gasteiger partial charge on any atom is 0.191 e. The lowest BCUT2D eigenvalue weighted by molar-refractivity contribution is 0.0258. The fraction of sp³-hybridized carbons (Fsp3) is 0.545. The van der Waals surface area contributed by atoms with E-state index in [1.807, 2.05) is 16.9 Å². The monoisotopic (exact) mass is 513 g/mol. The van der Waals surface area contributed by atoms with Crippen LogP contribution in [0.2, 0.25) is 0 Å². The van der Waals surface area contributed by atoms with Crippen LogP contribution in [-0.2, 0) is 17.8 Å². The molecule has 0 amide bonds. The molecule has 0 saturated carbocycles. The predicted octanol–water partition coefficient (Wildman–Crippen LogP) is 4.06. The van der Waals surface area contributed by atoms with Crippen LogP contribution in [0.3, 0.4) is 0 Å². The number of aliphatic imine (C=N–C) groups is 1. The Kier molecular flexibility index (Phi) is 12.6. The molecule has 0 spiro atoms. The van der Waals surface area contributed by atoms with Crippen LogP contribution in [0.4, 0.5) is 0 Å². The number of hydrogen-bond acceptors (Lipinski definition) is 3. The van der Waals surface area contributed by atoms with Crippen molar-refractivity contribution in [1.29, 1.82) is 0 Å². The van der Waals surface area contributed by atoms with Crippen LogP contribution in [0.25, 0.3) is 0 Å². The number of nitrogens with one attached hydrogen (secondary N) is 2. The van der Waals surface area contributed by atoms with Crippen LogP contribution in [-0.4, -0.2) is 41.5 Å². The smallest absolute Gasteiger partial charge is 0.191 e. The van der Waals surface area contributed by atoms with Gasteiger partial charge in [0.2, 0.25) is 0 Å². The number of ether oxygens (including phenoxy) is 1. The van der Waals surface area contributed by atoms with E-state index in [9.17, 15) is 0 Å². The van der Waals surface area contributed by atoms with Crippen LogP contribution in [0.5, 0.6) is 0 Å². The first-order chi connectivity index (χ1) is 13.6. The van der Waals surface area contributed by atoms with Crippen molar-refractivity contribution >= 4 is 29.9 Å². The van der Waals surface area contributed by atoms with Gasteiger partial charge in [-0.25, -0.2) is 4.99 Å². The molecule has 7 heteroatoms. The summed E-state index contributed by atoms with van der Waals surface area (Å²) in [6, 6.07) is 10.3. The average molecular weight is 513 g/mol. The van der Waals surface area contributed by atoms with E-state index >= 15 is 0 Å². The van der Waals surface area contributed by atoms with E-state index in [0.29, 0.717) is 12.5 Å². The van der Waals surface area contributed by atoms with E-state index in [4.69, 9.17) is 9.73 Å². The standard InChI is InChI=1S/C22H35N5O.HI/c1-5-23-22(24-14-12-21(18(3)4)28-6-2)25-16-19-10-7-8-11-20(19)17-27-15-9-13-26-27;/h7-11,13,15,18,21H,5-6,12,14,16-17H2,1-4H3,(H2,23,24,25);1H. The second-order valence-electron chi connectivity index (χ2n) is 7.12. The number of hydrogen-bond donors (Lipinski definition) is 2. The maximum absolute atomic E-state index is 5.83. The van der Waals surface area contributed by atoms with Gasteiger partial charge in [-0.15, -0.1) is 24.0 Å². The molecule has 6 nitrogen and oxygen atoms in total. The molecule has 2 aromatic rings. The van der Waals surface area contributed by atoms with Crippen LogP contribution in [0.15, 0.2) is 47.7 Å². The van der Waals surface area contributed by atoms with Crippen molar-refractivity contribution in [1.82, 2.24) is 20.4 Å². The third-order valence-electron chi connectivity index (χ3n) is 4.61. The number of halogens is 1. The molecule has 0 radical (unpaired) electrons. The first-order valence-corrected chi connectivity index (χ1v) is 10.3. The first kappa shape index (κ1) is 25.4. The Morgan fingerprint density at radius 2 is 1.90 bits per heavy atom. The van der Waals surface area contributed by atoms with Gasteiger partial charge in [0.25, 0.3) is 0 Å². The summed E-state index contributed by atoms with van der Waals surface area (Å²) in [6.45, 7) is 12.4. The topological polar surface area (TPSA) is 63.5 Å². The van der Waals surface area contributed by atoms with Gasteiger partial charge in [-0.3, -0.25) is 4.68 Å². The molecule has 0 aliphatic carbocycles. The number of rotatable bonds is 11. The van der Waals surface area contributed by atoms with Gasteiger partial charge in [-0.1, -0.05) is 38.1 Å². The van der Waals surface area contributed by atoms with Crippen molar-refractivity contribution in [3.05, 3.63) is 53.9 Å². The molecule has 1 aromatic heterocycles. The molecule has 1 unspecified atom stereocenters. The number of benzene rings is 1. The Morgan fingerprint density at radius 3 is 2.52 bits per heavy atom. The van der Waals surface area contributed by atoms with Gasteiger partial charge in [-0.05, 0) is 43.4 Å². The van der Waals surface area contributed by atoms with Gasteiger partial charge >= 0.3 is 0 Å². The lowest BCUT2D eigenvalue weighted by atomic mass is 10.0. The van der Waals surface area contributed by atoms with Gasteiger partial charge in [0, 0.05) is 32.1 Å². The molecule has 1 atom stereocenters. The summed E-state index contributed by atoms with van der Waals surface area (Å²) < 4.78 is 7.77.